The second-order valence-corrected chi connectivity index (χ2v) is 4.01. The highest BCUT2D eigenvalue weighted by Gasteiger charge is 1.96. The Morgan fingerprint density at radius 3 is 2.22 bits per heavy atom. The standard InChI is InChI=1S/C15H16O3/c1-12-3-2-4-15(11-12)18-10-9-17-14-7-5-13(16)6-8-14/h2-8,11,16H,9-10H2,1H3. The molecule has 0 radical (unpaired) electrons. The largest absolute Gasteiger partial charge is 0.508 e. The first-order chi connectivity index (χ1) is 8.74. The van der Waals surface area contributed by atoms with E-state index in [9.17, 15) is 0 Å². The minimum atomic E-state index is 0.235. The van der Waals surface area contributed by atoms with Crippen molar-refractivity contribution in [2.75, 3.05) is 13.2 Å². The molecule has 0 saturated carbocycles. The van der Waals surface area contributed by atoms with E-state index in [1.807, 2.05) is 31.2 Å². The van der Waals surface area contributed by atoms with E-state index in [0.29, 0.717) is 13.2 Å². The lowest BCUT2D eigenvalue weighted by Gasteiger charge is -2.08. The molecule has 0 aliphatic heterocycles. The minimum Gasteiger partial charge on any atom is -0.508 e. The lowest BCUT2D eigenvalue weighted by atomic mass is 10.2. The third kappa shape index (κ3) is 3.70. The van der Waals surface area contributed by atoms with Gasteiger partial charge in [-0.05, 0) is 48.9 Å². The maximum atomic E-state index is 9.12. The van der Waals surface area contributed by atoms with Crippen LogP contribution < -0.4 is 9.47 Å². The molecular formula is C15H16O3. The Labute approximate surface area is 107 Å². The summed E-state index contributed by atoms with van der Waals surface area (Å²) in [5.74, 6) is 1.81. The zero-order valence-electron chi connectivity index (χ0n) is 10.3. The van der Waals surface area contributed by atoms with E-state index < -0.39 is 0 Å². The molecule has 2 aromatic carbocycles. The number of benzene rings is 2. The van der Waals surface area contributed by atoms with E-state index in [1.165, 1.54) is 5.56 Å². The van der Waals surface area contributed by atoms with Crippen molar-refractivity contribution in [3.63, 3.8) is 0 Å². The molecule has 0 atom stereocenters. The zero-order valence-corrected chi connectivity index (χ0v) is 10.3. The fraction of sp³-hybridized carbons (Fsp3) is 0.200. The van der Waals surface area contributed by atoms with Gasteiger partial charge in [0.25, 0.3) is 0 Å². The van der Waals surface area contributed by atoms with Crippen molar-refractivity contribution in [1.82, 2.24) is 0 Å². The van der Waals surface area contributed by atoms with E-state index in [1.54, 1.807) is 24.3 Å². The summed E-state index contributed by atoms with van der Waals surface area (Å²) in [7, 11) is 0. The highest BCUT2D eigenvalue weighted by atomic mass is 16.5. The van der Waals surface area contributed by atoms with Gasteiger partial charge in [0.1, 0.15) is 30.5 Å². The lowest BCUT2D eigenvalue weighted by Crippen LogP contribution is -2.08. The predicted molar refractivity (Wildman–Crippen MR) is 70.3 cm³/mol. The Morgan fingerprint density at radius 2 is 1.56 bits per heavy atom. The number of phenols is 1. The van der Waals surface area contributed by atoms with Crippen molar-refractivity contribution in [3.8, 4) is 17.2 Å². The number of hydrogen-bond acceptors (Lipinski definition) is 3. The summed E-state index contributed by atoms with van der Waals surface area (Å²) in [5.41, 5.74) is 1.17. The Balaban J connectivity index is 1.74. The number of ether oxygens (including phenoxy) is 2. The second kappa shape index (κ2) is 5.96. The van der Waals surface area contributed by atoms with Gasteiger partial charge in [-0.1, -0.05) is 12.1 Å². The van der Waals surface area contributed by atoms with Gasteiger partial charge in [0, 0.05) is 0 Å². The van der Waals surface area contributed by atoms with Crippen LogP contribution in [0.3, 0.4) is 0 Å². The molecule has 0 saturated heterocycles. The smallest absolute Gasteiger partial charge is 0.122 e. The fourth-order valence-corrected chi connectivity index (χ4v) is 1.57. The summed E-state index contributed by atoms with van der Waals surface area (Å²) >= 11 is 0. The highest BCUT2D eigenvalue weighted by Crippen LogP contribution is 2.16. The molecule has 0 unspecified atom stereocenters. The monoisotopic (exact) mass is 244 g/mol. The van der Waals surface area contributed by atoms with Gasteiger partial charge in [-0.3, -0.25) is 0 Å². The molecule has 2 rings (SSSR count). The van der Waals surface area contributed by atoms with Gasteiger partial charge in [0.2, 0.25) is 0 Å². The molecule has 0 spiro atoms. The van der Waals surface area contributed by atoms with Crippen LogP contribution in [0.25, 0.3) is 0 Å². The molecule has 0 aromatic heterocycles. The normalized spacial score (nSPS) is 10.1. The van der Waals surface area contributed by atoms with Crippen LogP contribution in [-0.4, -0.2) is 18.3 Å². The first kappa shape index (κ1) is 12.3. The molecule has 0 bridgehead atoms. The summed E-state index contributed by atoms with van der Waals surface area (Å²) < 4.78 is 11.0. The fourth-order valence-electron chi connectivity index (χ4n) is 1.57. The van der Waals surface area contributed by atoms with Crippen molar-refractivity contribution in [2.45, 2.75) is 6.92 Å². The van der Waals surface area contributed by atoms with Crippen LogP contribution in [0, 0.1) is 6.92 Å². The van der Waals surface area contributed by atoms with E-state index in [-0.39, 0.29) is 5.75 Å². The van der Waals surface area contributed by atoms with Gasteiger partial charge in [0.15, 0.2) is 0 Å². The number of aromatic hydroxyl groups is 1. The van der Waals surface area contributed by atoms with Crippen LogP contribution in [0.4, 0.5) is 0 Å². The Hall–Kier alpha value is -2.16. The average molecular weight is 244 g/mol. The van der Waals surface area contributed by atoms with E-state index in [4.69, 9.17) is 14.6 Å². The summed E-state index contributed by atoms with van der Waals surface area (Å²) in [6.07, 6.45) is 0. The molecule has 3 heteroatoms. The molecule has 0 amide bonds. The molecule has 0 aliphatic carbocycles. The maximum absolute atomic E-state index is 9.12. The van der Waals surface area contributed by atoms with Crippen molar-refractivity contribution in [2.24, 2.45) is 0 Å². The first-order valence-corrected chi connectivity index (χ1v) is 5.85. The van der Waals surface area contributed by atoms with Crippen LogP contribution in [0.2, 0.25) is 0 Å². The van der Waals surface area contributed by atoms with Gasteiger partial charge >= 0.3 is 0 Å². The van der Waals surface area contributed by atoms with Gasteiger partial charge < -0.3 is 14.6 Å². The van der Waals surface area contributed by atoms with Crippen LogP contribution >= 0.6 is 0 Å². The molecule has 2 aromatic rings. The van der Waals surface area contributed by atoms with Crippen molar-refractivity contribution in [3.05, 3.63) is 54.1 Å². The molecule has 0 heterocycles. The Bertz CT molecular complexity index is 491. The van der Waals surface area contributed by atoms with E-state index in [2.05, 4.69) is 0 Å². The molecule has 0 fully saturated rings. The van der Waals surface area contributed by atoms with Gasteiger partial charge in [-0.2, -0.15) is 0 Å². The summed E-state index contributed by atoms with van der Waals surface area (Å²) in [5, 5.41) is 9.12. The van der Waals surface area contributed by atoms with Gasteiger partial charge in [-0.25, -0.2) is 0 Å². The second-order valence-electron chi connectivity index (χ2n) is 4.01. The number of hydrogen-bond donors (Lipinski definition) is 1. The third-order valence-electron chi connectivity index (χ3n) is 2.45. The molecular weight excluding hydrogens is 228 g/mol. The Kier molecular flexibility index (Phi) is 4.07. The number of phenolic OH excluding ortho intramolecular Hbond substituents is 1. The molecule has 18 heavy (non-hydrogen) atoms. The van der Waals surface area contributed by atoms with Gasteiger partial charge in [0.05, 0.1) is 0 Å². The predicted octanol–water partition coefficient (Wildman–Crippen LogP) is 3.16. The van der Waals surface area contributed by atoms with E-state index in [0.717, 1.165) is 11.5 Å². The van der Waals surface area contributed by atoms with Crippen molar-refractivity contribution >= 4 is 0 Å². The first-order valence-electron chi connectivity index (χ1n) is 5.85. The van der Waals surface area contributed by atoms with Crippen LogP contribution in [0.5, 0.6) is 17.2 Å². The minimum absolute atomic E-state index is 0.235. The van der Waals surface area contributed by atoms with Gasteiger partial charge in [-0.15, -0.1) is 0 Å². The zero-order chi connectivity index (χ0) is 12.8. The quantitative estimate of drug-likeness (QED) is 0.821. The van der Waals surface area contributed by atoms with E-state index >= 15 is 0 Å². The molecule has 0 aliphatic rings. The molecule has 94 valence electrons. The third-order valence-corrected chi connectivity index (χ3v) is 2.45. The average Bonchev–Trinajstić information content (AvgIpc) is 2.37. The SMILES string of the molecule is Cc1cccc(OCCOc2ccc(O)cc2)c1. The highest BCUT2D eigenvalue weighted by molar-refractivity contribution is 5.30. The summed E-state index contributed by atoms with van der Waals surface area (Å²) in [4.78, 5) is 0. The lowest BCUT2D eigenvalue weighted by molar-refractivity contribution is 0.217. The molecule has 1 N–H and O–H groups in total. The maximum Gasteiger partial charge on any atom is 0.122 e. The van der Waals surface area contributed by atoms with Crippen molar-refractivity contribution in [1.29, 1.82) is 0 Å². The number of aryl methyl sites for hydroxylation is 1. The topological polar surface area (TPSA) is 38.7 Å². The van der Waals surface area contributed by atoms with Crippen LogP contribution in [0.15, 0.2) is 48.5 Å². The number of rotatable bonds is 5. The summed E-state index contributed by atoms with van der Waals surface area (Å²) in [6, 6.07) is 14.5. The summed E-state index contributed by atoms with van der Waals surface area (Å²) in [6.45, 7) is 2.99. The van der Waals surface area contributed by atoms with Crippen molar-refractivity contribution < 1.29 is 14.6 Å². The Morgan fingerprint density at radius 1 is 0.889 bits per heavy atom. The molecule has 3 nitrogen and oxygen atoms in total. The van der Waals surface area contributed by atoms with Crippen LogP contribution in [-0.2, 0) is 0 Å². The van der Waals surface area contributed by atoms with Crippen LogP contribution in [0.1, 0.15) is 5.56 Å².